The molecular weight excluding hydrogens is 522 g/mol. The van der Waals surface area contributed by atoms with Gasteiger partial charge >= 0.3 is 6.03 Å². The molecule has 2 aliphatic heterocycles. The average molecular weight is 560 g/mol. The molecule has 2 amide bonds. The van der Waals surface area contributed by atoms with Crippen LogP contribution in [0, 0.1) is 0 Å². The number of anilines is 1. The molecule has 210 valence electrons. The number of rotatable bonds is 8. The topological polar surface area (TPSA) is 89.1 Å². The molecule has 8 nitrogen and oxygen atoms in total. The molecule has 0 bridgehead atoms. The van der Waals surface area contributed by atoms with E-state index in [0.717, 1.165) is 50.1 Å². The Balaban J connectivity index is 1.20. The number of hydrogen-bond acceptors (Lipinski definition) is 5. The smallest absolute Gasteiger partial charge is 0.319 e. The molecule has 0 aromatic heterocycles. The van der Waals surface area contributed by atoms with E-state index in [1.807, 2.05) is 42.5 Å². The van der Waals surface area contributed by atoms with E-state index in [2.05, 4.69) is 50.0 Å². The van der Waals surface area contributed by atoms with Gasteiger partial charge in [0.1, 0.15) is 0 Å². The maximum Gasteiger partial charge on any atom is 0.319 e. The molecule has 2 heterocycles. The highest BCUT2D eigenvalue weighted by atomic mass is 32.1. The number of fused-ring (bicyclic) bond motifs is 1. The van der Waals surface area contributed by atoms with E-state index in [1.165, 1.54) is 11.1 Å². The SMILES string of the molecule is COc1ccc(CN2CCC[C@@H]2CNC(=S)N2Cc3ccccc3C[C@H]2CNC(=O)Nc2ccccc2)cc1O. The first-order valence-corrected chi connectivity index (χ1v) is 14.2. The van der Waals surface area contributed by atoms with Crippen molar-refractivity contribution in [2.75, 3.05) is 32.1 Å². The molecule has 2 atom stereocenters. The van der Waals surface area contributed by atoms with Crippen molar-refractivity contribution < 1.29 is 14.6 Å². The molecule has 9 heteroatoms. The summed E-state index contributed by atoms with van der Waals surface area (Å²) in [4.78, 5) is 17.3. The summed E-state index contributed by atoms with van der Waals surface area (Å²) in [5.41, 5.74) is 4.37. The fraction of sp³-hybridized carbons (Fsp3) is 0.355. The number of nitrogens with zero attached hydrogens (tertiary/aromatic N) is 2. The van der Waals surface area contributed by atoms with E-state index >= 15 is 0 Å². The number of phenols is 1. The largest absolute Gasteiger partial charge is 0.504 e. The van der Waals surface area contributed by atoms with Crippen LogP contribution in [0.4, 0.5) is 10.5 Å². The molecule has 2 aliphatic rings. The number of carbonyl (C=O) groups is 1. The number of likely N-dealkylation sites (tertiary alicyclic amines) is 1. The molecule has 40 heavy (non-hydrogen) atoms. The second-order valence-electron chi connectivity index (χ2n) is 10.4. The zero-order valence-corrected chi connectivity index (χ0v) is 23.6. The highest BCUT2D eigenvalue weighted by Crippen LogP contribution is 2.28. The highest BCUT2D eigenvalue weighted by Gasteiger charge is 2.30. The van der Waals surface area contributed by atoms with Gasteiger partial charge in [0.2, 0.25) is 0 Å². The number of urea groups is 1. The molecule has 3 aromatic carbocycles. The van der Waals surface area contributed by atoms with Crippen LogP contribution in [-0.4, -0.2) is 64.9 Å². The number of nitrogens with one attached hydrogen (secondary N) is 3. The van der Waals surface area contributed by atoms with Crippen LogP contribution in [-0.2, 0) is 19.5 Å². The van der Waals surface area contributed by atoms with Crippen molar-refractivity contribution in [3.8, 4) is 11.5 Å². The van der Waals surface area contributed by atoms with Gasteiger partial charge in [0.15, 0.2) is 16.6 Å². The first kappa shape index (κ1) is 27.7. The van der Waals surface area contributed by atoms with Crippen LogP contribution in [0.5, 0.6) is 11.5 Å². The Morgan fingerprint density at radius 2 is 1.75 bits per heavy atom. The molecule has 5 rings (SSSR count). The Kier molecular flexibility index (Phi) is 9.03. The summed E-state index contributed by atoms with van der Waals surface area (Å²) in [6.45, 7) is 3.69. The van der Waals surface area contributed by atoms with Crippen molar-refractivity contribution in [1.29, 1.82) is 0 Å². The highest BCUT2D eigenvalue weighted by molar-refractivity contribution is 7.80. The van der Waals surface area contributed by atoms with Crippen LogP contribution in [0.1, 0.15) is 29.5 Å². The van der Waals surface area contributed by atoms with Gasteiger partial charge in [0.05, 0.1) is 13.2 Å². The standard InChI is InChI=1S/C31H37N5O3S/c1-39-29-14-13-22(16-28(29)37)20-35-15-7-12-26(35)18-33-31(40)36-21-24-9-6-5-8-23(24)17-27(36)19-32-30(38)34-25-10-3-2-4-11-25/h2-6,8-11,13-14,16,26-27,37H,7,12,15,17-21H2,1H3,(H,33,40)(H2,32,34,38)/t26-,27+/m1/s1. The summed E-state index contributed by atoms with van der Waals surface area (Å²) in [6.07, 6.45) is 3.02. The Hall–Kier alpha value is -3.82. The van der Waals surface area contributed by atoms with Crippen molar-refractivity contribution in [3.63, 3.8) is 0 Å². The van der Waals surface area contributed by atoms with Gasteiger partial charge in [-0.3, -0.25) is 4.90 Å². The molecule has 0 spiro atoms. The number of aromatic hydroxyl groups is 1. The Morgan fingerprint density at radius 3 is 2.52 bits per heavy atom. The number of thiocarbonyl (C=S) groups is 1. The minimum absolute atomic E-state index is 0.0402. The molecular formula is C31H37N5O3S. The minimum Gasteiger partial charge on any atom is -0.504 e. The fourth-order valence-electron chi connectivity index (χ4n) is 5.62. The summed E-state index contributed by atoms with van der Waals surface area (Å²) in [5.74, 6) is 0.649. The van der Waals surface area contributed by atoms with E-state index < -0.39 is 0 Å². The lowest BCUT2D eigenvalue weighted by Gasteiger charge is -2.39. The maximum absolute atomic E-state index is 12.6. The number of methoxy groups -OCH3 is 1. The maximum atomic E-state index is 12.6. The Bertz CT molecular complexity index is 1320. The van der Waals surface area contributed by atoms with Gasteiger partial charge in [-0.05, 0) is 79.0 Å². The van der Waals surface area contributed by atoms with Gasteiger partial charge in [-0.2, -0.15) is 0 Å². The van der Waals surface area contributed by atoms with Gasteiger partial charge < -0.3 is 30.7 Å². The molecule has 0 aliphatic carbocycles. The molecule has 4 N–H and O–H groups in total. The number of para-hydroxylation sites is 1. The quantitative estimate of drug-likeness (QED) is 0.303. The lowest BCUT2D eigenvalue weighted by atomic mass is 9.94. The number of hydrogen-bond donors (Lipinski definition) is 4. The van der Waals surface area contributed by atoms with Crippen LogP contribution in [0.15, 0.2) is 72.8 Å². The van der Waals surface area contributed by atoms with E-state index in [-0.39, 0.29) is 17.8 Å². The lowest BCUT2D eigenvalue weighted by Crippen LogP contribution is -2.54. The van der Waals surface area contributed by atoms with Gasteiger partial charge in [-0.25, -0.2) is 4.79 Å². The van der Waals surface area contributed by atoms with Crippen LogP contribution >= 0.6 is 12.2 Å². The van der Waals surface area contributed by atoms with Crippen molar-refractivity contribution >= 4 is 29.0 Å². The van der Waals surface area contributed by atoms with Crippen molar-refractivity contribution in [3.05, 3.63) is 89.5 Å². The average Bonchev–Trinajstić information content (AvgIpc) is 3.41. The van der Waals surface area contributed by atoms with Gasteiger partial charge in [0, 0.05) is 37.9 Å². The second-order valence-corrected chi connectivity index (χ2v) is 10.8. The molecule has 0 unspecified atom stereocenters. The molecule has 0 radical (unpaired) electrons. The second kappa shape index (κ2) is 13.0. The third-order valence-corrected chi connectivity index (χ3v) is 8.14. The minimum atomic E-state index is -0.227. The molecule has 0 saturated carbocycles. The van der Waals surface area contributed by atoms with Crippen molar-refractivity contribution in [2.45, 2.75) is 44.4 Å². The summed E-state index contributed by atoms with van der Waals surface area (Å²) < 4.78 is 5.18. The van der Waals surface area contributed by atoms with Crippen molar-refractivity contribution in [2.24, 2.45) is 0 Å². The van der Waals surface area contributed by atoms with E-state index in [9.17, 15) is 9.90 Å². The van der Waals surface area contributed by atoms with Crippen LogP contribution < -0.4 is 20.7 Å². The third-order valence-electron chi connectivity index (χ3n) is 7.76. The first-order chi connectivity index (χ1) is 19.5. The Morgan fingerprint density at radius 1 is 1.00 bits per heavy atom. The Labute approximate surface area is 241 Å². The van der Waals surface area contributed by atoms with E-state index in [4.69, 9.17) is 17.0 Å². The molecule has 1 fully saturated rings. The van der Waals surface area contributed by atoms with Gasteiger partial charge in [-0.1, -0.05) is 48.5 Å². The monoisotopic (exact) mass is 559 g/mol. The van der Waals surface area contributed by atoms with Crippen LogP contribution in [0.2, 0.25) is 0 Å². The third kappa shape index (κ3) is 6.84. The van der Waals surface area contributed by atoms with E-state index in [0.29, 0.717) is 30.0 Å². The van der Waals surface area contributed by atoms with Crippen molar-refractivity contribution in [1.82, 2.24) is 20.4 Å². The normalized spacial score (nSPS) is 18.6. The first-order valence-electron chi connectivity index (χ1n) is 13.8. The predicted octanol–water partition coefficient (Wildman–Crippen LogP) is 4.49. The summed E-state index contributed by atoms with van der Waals surface area (Å²) in [5, 5.41) is 20.4. The number of benzene rings is 3. The summed E-state index contributed by atoms with van der Waals surface area (Å²) >= 11 is 5.93. The summed E-state index contributed by atoms with van der Waals surface area (Å²) in [6, 6.07) is 23.6. The van der Waals surface area contributed by atoms with E-state index in [1.54, 1.807) is 13.2 Å². The molecule has 3 aromatic rings. The van der Waals surface area contributed by atoms with Crippen LogP contribution in [0.3, 0.4) is 0 Å². The van der Waals surface area contributed by atoms with Crippen LogP contribution in [0.25, 0.3) is 0 Å². The predicted molar refractivity (Wildman–Crippen MR) is 162 cm³/mol. The number of amides is 2. The number of ether oxygens (including phenoxy) is 1. The number of phenolic OH excluding ortho intramolecular Hbond substituents is 1. The summed E-state index contributed by atoms with van der Waals surface area (Å²) in [7, 11) is 1.56. The lowest BCUT2D eigenvalue weighted by molar-refractivity contribution is 0.232. The fourth-order valence-corrected chi connectivity index (χ4v) is 5.92. The number of carbonyl (C=O) groups excluding carboxylic acids is 1. The molecule has 1 saturated heterocycles. The van der Waals surface area contributed by atoms with Gasteiger partial charge in [-0.15, -0.1) is 0 Å². The zero-order chi connectivity index (χ0) is 27.9. The van der Waals surface area contributed by atoms with Gasteiger partial charge in [0.25, 0.3) is 0 Å². The zero-order valence-electron chi connectivity index (χ0n) is 22.8.